The Morgan fingerprint density at radius 2 is 1.32 bits per heavy atom. The van der Waals surface area contributed by atoms with Crippen LogP contribution in [0.2, 0.25) is 0 Å². The van der Waals surface area contributed by atoms with E-state index in [-0.39, 0.29) is 5.66 Å². The fraction of sp³-hybridized carbons (Fsp3) is 0.111. The minimum Gasteiger partial charge on any atom is -0.313 e. The zero-order chi connectivity index (χ0) is 15.6. The van der Waals surface area contributed by atoms with Crippen molar-refractivity contribution in [2.45, 2.75) is 12.1 Å². The monoisotopic (exact) mass is 436 g/mol. The molecule has 1 aliphatic rings. The molecule has 0 amide bonds. The third kappa shape index (κ3) is 3.08. The van der Waals surface area contributed by atoms with Crippen LogP contribution in [0.5, 0.6) is 0 Å². The van der Waals surface area contributed by atoms with Gasteiger partial charge in [0.15, 0.2) is 0 Å². The van der Waals surface area contributed by atoms with Gasteiger partial charge < -0.3 is 4.57 Å². The fourth-order valence-corrected chi connectivity index (χ4v) is 6.23. The summed E-state index contributed by atoms with van der Waals surface area (Å²) in [4.78, 5) is 0. The summed E-state index contributed by atoms with van der Waals surface area (Å²) in [5.74, 6) is 0. The van der Waals surface area contributed by atoms with Gasteiger partial charge in [-0.15, -0.1) is 0 Å². The van der Waals surface area contributed by atoms with Gasteiger partial charge in [0.1, 0.15) is 7.14 Å². The summed E-state index contributed by atoms with van der Waals surface area (Å²) in [6.45, 7) is 0. The summed E-state index contributed by atoms with van der Waals surface area (Å²) in [6, 6.07) is 15.7. The fourth-order valence-electron chi connectivity index (χ4n) is 2.69. The molecular weight excluding hydrogens is 423 g/mol. The van der Waals surface area contributed by atoms with E-state index in [1.165, 1.54) is 0 Å². The zero-order valence-electron chi connectivity index (χ0n) is 11.8. The highest BCUT2D eigenvalue weighted by atomic mass is 79.9. The molecule has 0 spiro atoms. The summed E-state index contributed by atoms with van der Waals surface area (Å²) in [5.41, 5.74) is 0.0138. The second kappa shape index (κ2) is 6.70. The van der Waals surface area contributed by atoms with E-state index in [4.69, 9.17) is 0 Å². The molecule has 0 saturated carbocycles. The lowest BCUT2D eigenvalue weighted by Gasteiger charge is -2.27. The molecule has 2 aromatic carbocycles. The number of hydrogen-bond donors (Lipinski definition) is 0. The maximum atomic E-state index is 14.1. The maximum absolute atomic E-state index is 14.1. The Labute approximate surface area is 147 Å². The molecule has 0 fully saturated rings. The van der Waals surface area contributed by atoms with Crippen LogP contribution in [-0.4, -0.2) is 5.66 Å². The van der Waals surface area contributed by atoms with Crippen LogP contribution in [0.4, 0.5) is 0 Å². The Morgan fingerprint density at radius 1 is 0.818 bits per heavy atom. The van der Waals surface area contributed by atoms with E-state index in [9.17, 15) is 4.57 Å². The topological polar surface area (TPSA) is 17.1 Å². The molecule has 0 aliphatic heterocycles. The van der Waals surface area contributed by atoms with Crippen LogP contribution in [0.25, 0.3) is 0 Å². The molecule has 3 rings (SSSR count). The van der Waals surface area contributed by atoms with Crippen molar-refractivity contribution in [2.75, 3.05) is 0 Å². The number of halogens is 2. The SMILES string of the molecule is O=P(c1ccc(Br)cc1)(c1ccc(Br)cc1)C1C=CC=CC1. The number of allylic oxidation sites excluding steroid dienone is 4. The summed E-state index contributed by atoms with van der Waals surface area (Å²) in [7, 11) is -2.72. The van der Waals surface area contributed by atoms with Crippen LogP contribution in [0.15, 0.2) is 81.8 Å². The second-order valence-corrected chi connectivity index (χ2v) is 10.1. The molecular formula is C18H15Br2OP. The largest absolute Gasteiger partial charge is 0.313 e. The van der Waals surface area contributed by atoms with Crippen molar-refractivity contribution in [3.05, 3.63) is 81.8 Å². The number of benzene rings is 2. The average molecular weight is 438 g/mol. The van der Waals surface area contributed by atoms with Crippen LogP contribution in [0, 0.1) is 0 Å². The van der Waals surface area contributed by atoms with Crippen LogP contribution in [0.3, 0.4) is 0 Å². The Bertz CT molecular complexity index is 711. The maximum Gasteiger partial charge on any atom is 0.150 e. The first-order valence-electron chi connectivity index (χ1n) is 7.06. The zero-order valence-corrected chi connectivity index (χ0v) is 15.9. The van der Waals surface area contributed by atoms with E-state index in [2.05, 4.69) is 44.0 Å². The van der Waals surface area contributed by atoms with Gasteiger partial charge in [-0.25, -0.2) is 0 Å². The molecule has 0 bridgehead atoms. The van der Waals surface area contributed by atoms with Crippen molar-refractivity contribution in [1.82, 2.24) is 0 Å². The molecule has 0 aromatic heterocycles. The van der Waals surface area contributed by atoms with Crippen molar-refractivity contribution < 1.29 is 4.57 Å². The number of rotatable bonds is 3. The molecule has 1 aliphatic carbocycles. The molecule has 112 valence electrons. The van der Waals surface area contributed by atoms with Crippen LogP contribution < -0.4 is 10.6 Å². The molecule has 2 aromatic rings. The van der Waals surface area contributed by atoms with Gasteiger partial charge in [-0.2, -0.15) is 0 Å². The van der Waals surface area contributed by atoms with E-state index in [1.807, 2.05) is 60.7 Å². The smallest absolute Gasteiger partial charge is 0.150 e. The predicted octanol–water partition coefficient (Wildman–Crippen LogP) is 5.41. The van der Waals surface area contributed by atoms with Gasteiger partial charge in [0.2, 0.25) is 0 Å². The summed E-state index contributed by atoms with van der Waals surface area (Å²) >= 11 is 6.91. The molecule has 4 heteroatoms. The minimum atomic E-state index is -2.72. The highest BCUT2D eigenvalue weighted by Gasteiger charge is 2.34. The normalized spacial score (nSPS) is 17.6. The first-order valence-corrected chi connectivity index (χ1v) is 10.4. The van der Waals surface area contributed by atoms with E-state index < -0.39 is 7.14 Å². The molecule has 1 atom stereocenters. The third-order valence-electron chi connectivity index (χ3n) is 3.85. The van der Waals surface area contributed by atoms with Gasteiger partial charge >= 0.3 is 0 Å². The van der Waals surface area contributed by atoms with Crippen molar-refractivity contribution >= 4 is 49.6 Å². The summed E-state index contributed by atoms with van der Waals surface area (Å²) in [6.07, 6.45) is 8.99. The summed E-state index contributed by atoms with van der Waals surface area (Å²) in [5, 5.41) is 1.81. The van der Waals surface area contributed by atoms with Gasteiger partial charge in [0, 0.05) is 25.2 Å². The van der Waals surface area contributed by atoms with E-state index >= 15 is 0 Å². The lowest BCUT2D eigenvalue weighted by Crippen LogP contribution is -2.25. The highest BCUT2D eigenvalue weighted by Crippen LogP contribution is 2.51. The Kier molecular flexibility index (Phi) is 4.87. The first kappa shape index (κ1) is 16.0. The quantitative estimate of drug-likeness (QED) is 0.586. The van der Waals surface area contributed by atoms with Gasteiger partial charge in [0.25, 0.3) is 0 Å². The average Bonchev–Trinajstić information content (AvgIpc) is 2.56. The van der Waals surface area contributed by atoms with Crippen molar-refractivity contribution in [2.24, 2.45) is 0 Å². The van der Waals surface area contributed by atoms with Crippen LogP contribution in [-0.2, 0) is 4.57 Å². The Morgan fingerprint density at radius 3 is 1.73 bits per heavy atom. The first-order chi connectivity index (χ1) is 10.6. The highest BCUT2D eigenvalue weighted by molar-refractivity contribution is 9.10. The van der Waals surface area contributed by atoms with Gasteiger partial charge in [-0.1, -0.05) is 80.4 Å². The third-order valence-corrected chi connectivity index (χ3v) is 8.35. The van der Waals surface area contributed by atoms with Crippen molar-refractivity contribution in [3.63, 3.8) is 0 Å². The predicted molar refractivity (Wildman–Crippen MR) is 102 cm³/mol. The molecule has 0 saturated heterocycles. The second-order valence-electron chi connectivity index (χ2n) is 5.23. The molecule has 22 heavy (non-hydrogen) atoms. The van der Waals surface area contributed by atoms with E-state index in [0.717, 1.165) is 26.0 Å². The van der Waals surface area contributed by atoms with Crippen molar-refractivity contribution in [3.8, 4) is 0 Å². The molecule has 0 radical (unpaired) electrons. The van der Waals surface area contributed by atoms with E-state index in [0.29, 0.717) is 0 Å². The minimum absolute atomic E-state index is 0.0138. The molecule has 1 unspecified atom stereocenters. The van der Waals surface area contributed by atoms with Gasteiger partial charge in [-0.3, -0.25) is 0 Å². The molecule has 1 nitrogen and oxygen atoms in total. The standard InChI is InChI=1S/C18H15Br2OP/c19-14-6-10-17(11-7-14)22(21,16-4-2-1-3-5-16)18-12-8-15(20)9-13-18/h1-4,6-13,16H,5H2. The lowest BCUT2D eigenvalue weighted by molar-refractivity contribution is 0.582. The molecule has 0 N–H and O–H groups in total. The van der Waals surface area contributed by atoms with Gasteiger partial charge in [-0.05, 0) is 30.7 Å². The van der Waals surface area contributed by atoms with Crippen LogP contribution in [0.1, 0.15) is 6.42 Å². The molecule has 0 heterocycles. The van der Waals surface area contributed by atoms with E-state index in [1.54, 1.807) is 0 Å². The Balaban J connectivity index is 2.15. The number of hydrogen-bond acceptors (Lipinski definition) is 1. The van der Waals surface area contributed by atoms with Crippen molar-refractivity contribution in [1.29, 1.82) is 0 Å². The van der Waals surface area contributed by atoms with Gasteiger partial charge in [0.05, 0.1) is 0 Å². The summed E-state index contributed by atoms with van der Waals surface area (Å²) < 4.78 is 16.1. The lowest BCUT2D eigenvalue weighted by atomic mass is 10.2. The van der Waals surface area contributed by atoms with Crippen LogP contribution >= 0.6 is 39.0 Å². The Hall–Kier alpha value is -0.890.